The smallest absolute Gasteiger partial charge is 0.233 e. The van der Waals surface area contributed by atoms with Crippen LogP contribution in [0.4, 0.5) is 11.4 Å². The van der Waals surface area contributed by atoms with Gasteiger partial charge in [-0.3, -0.25) is 19.4 Å². The van der Waals surface area contributed by atoms with Crippen LogP contribution in [0.3, 0.4) is 0 Å². The number of Topliss-reactive ketones (excluding diaryl/α,β-unsaturated/α-hetero) is 3. The highest BCUT2D eigenvalue weighted by atomic mass is 16.2. The summed E-state index contributed by atoms with van der Waals surface area (Å²) in [4.78, 5) is 44.9. The van der Waals surface area contributed by atoms with Gasteiger partial charge in [0.25, 0.3) is 0 Å². The Balaban J connectivity index is 1.26. The van der Waals surface area contributed by atoms with Crippen molar-refractivity contribution < 1.29 is 14.4 Å². The van der Waals surface area contributed by atoms with Crippen molar-refractivity contribution >= 4 is 56.0 Å². The predicted octanol–water partition coefficient (Wildman–Crippen LogP) is 6.91. The monoisotopic (exact) mass is 524 g/mol. The van der Waals surface area contributed by atoms with Crippen LogP contribution < -0.4 is 5.32 Å². The van der Waals surface area contributed by atoms with Crippen LogP contribution in [0, 0.1) is 5.92 Å². The van der Waals surface area contributed by atoms with Gasteiger partial charge in [-0.25, -0.2) is 0 Å². The third-order valence-corrected chi connectivity index (χ3v) is 8.82. The maximum Gasteiger partial charge on any atom is 0.233 e. The highest BCUT2D eigenvalue weighted by molar-refractivity contribution is 6.60. The second kappa shape index (κ2) is 8.18. The van der Waals surface area contributed by atoms with Crippen molar-refractivity contribution in [3.8, 4) is 0 Å². The van der Waals surface area contributed by atoms with Crippen LogP contribution in [0.15, 0.2) is 101 Å². The lowest BCUT2D eigenvalue weighted by atomic mass is 9.78. The lowest BCUT2D eigenvalue weighted by Gasteiger charge is -2.23. The highest BCUT2D eigenvalue weighted by Gasteiger charge is 2.47. The molecule has 0 aromatic heterocycles. The van der Waals surface area contributed by atoms with Gasteiger partial charge in [-0.1, -0.05) is 88.4 Å². The van der Waals surface area contributed by atoms with Gasteiger partial charge in [0.2, 0.25) is 11.6 Å². The average molecular weight is 525 g/mol. The molecule has 0 spiro atoms. The van der Waals surface area contributed by atoms with Gasteiger partial charge in [-0.2, -0.15) is 0 Å². The molecule has 1 aliphatic carbocycles. The van der Waals surface area contributed by atoms with Crippen molar-refractivity contribution in [3.63, 3.8) is 0 Å². The van der Waals surface area contributed by atoms with E-state index in [2.05, 4.69) is 49.5 Å². The molecule has 2 heterocycles. The van der Waals surface area contributed by atoms with Gasteiger partial charge in [-0.15, -0.1) is 0 Å². The van der Waals surface area contributed by atoms with Crippen LogP contribution >= 0.6 is 0 Å². The molecule has 4 aromatic rings. The fourth-order valence-corrected chi connectivity index (χ4v) is 6.62. The molecule has 7 rings (SSSR count). The molecule has 1 fully saturated rings. The molecule has 1 N–H and O–H groups in total. The zero-order chi connectivity index (χ0) is 28.0. The first-order valence-corrected chi connectivity index (χ1v) is 13.6. The number of rotatable bonds is 2. The van der Waals surface area contributed by atoms with E-state index in [0.717, 1.165) is 49.7 Å². The van der Waals surface area contributed by atoms with E-state index < -0.39 is 34.1 Å². The van der Waals surface area contributed by atoms with Gasteiger partial charge in [0.1, 0.15) is 5.92 Å². The van der Waals surface area contributed by atoms with Crippen LogP contribution in [0.25, 0.3) is 21.5 Å². The minimum absolute atomic E-state index is 0.0884. The fraction of sp³-hybridized carbons (Fsp3) is 0.200. The molecule has 5 nitrogen and oxygen atoms in total. The first-order valence-electron chi connectivity index (χ1n) is 13.6. The van der Waals surface area contributed by atoms with E-state index in [4.69, 9.17) is 4.99 Å². The summed E-state index contributed by atoms with van der Waals surface area (Å²) in [6.07, 6.45) is 3.20. The van der Waals surface area contributed by atoms with Crippen molar-refractivity contribution in [2.45, 2.75) is 38.5 Å². The van der Waals surface area contributed by atoms with Gasteiger partial charge in [0.05, 0.1) is 17.0 Å². The van der Waals surface area contributed by atoms with Gasteiger partial charge in [-0.05, 0) is 57.0 Å². The van der Waals surface area contributed by atoms with Crippen molar-refractivity contribution in [3.05, 3.63) is 107 Å². The molecule has 0 radical (unpaired) electrons. The Kier molecular flexibility index (Phi) is 4.99. The number of hydrogen-bond donors (Lipinski definition) is 1. The maximum atomic E-state index is 13.7. The second-order valence-electron chi connectivity index (χ2n) is 11.9. The van der Waals surface area contributed by atoms with Crippen molar-refractivity contribution in [1.29, 1.82) is 0 Å². The molecule has 5 heteroatoms. The number of nitrogens with one attached hydrogen (secondary N) is 1. The minimum Gasteiger partial charge on any atom is -0.358 e. The molecule has 196 valence electrons. The third kappa shape index (κ3) is 3.27. The van der Waals surface area contributed by atoms with E-state index in [1.165, 1.54) is 0 Å². The number of fused-ring (bicyclic) bond motifs is 6. The fourth-order valence-electron chi connectivity index (χ4n) is 6.62. The van der Waals surface area contributed by atoms with Gasteiger partial charge >= 0.3 is 0 Å². The Bertz CT molecular complexity index is 1940. The van der Waals surface area contributed by atoms with E-state index in [0.29, 0.717) is 5.71 Å². The molecule has 0 saturated heterocycles. The zero-order valence-electron chi connectivity index (χ0n) is 22.8. The molecule has 4 aromatic carbocycles. The lowest BCUT2D eigenvalue weighted by Crippen LogP contribution is -2.25. The van der Waals surface area contributed by atoms with Crippen LogP contribution in [-0.2, 0) is 25.2 Å². The van der Waals surface area contributed by atoms with Gasteiger partial charge in [0.15, 0.2) is 5.78 Å². The Morgan fingerprint density at radius 3 is 2.05 bits per heavy atom. The zero-order valence-corrected chi connectivity index (χ0v) is 22.8. The second-order valence-corrected chi connectivity index (χ2v) is 11.9. The number of ketones is 3. The van der Waals surface area contributed by atoms with Gasteiger partial charge in [0, 0.05) is 22.2 Å². The van der Waals surface area contributed by atoms with Crippen LogP contribution in [0.1, 0.15) is 38.8 Å². The number of aliphatic imine (C=N–C) groups is 1. The molecule has 3 aliphatic rings. The number of benzene rings is 4. The first-order chi connectivity index (χ1) is 19.1. The maximum absolute atomic E-state index is 13.7. The van der Waals surface area contributed by atoms with Crippen molar-refractivity contribution in [2.75, 3.05) is 5.32 Å². The molecule has 1 atom stereocenters. The summed E-state index contributed by atoms with van der Waals surface area (Å²) >= 11 is 0. The lowest BCUT2D eigenvalue weighted by molar-refractivity contribution is -0.134. The minimum atomic E-state index is -1.16. The molecule has 40 heavy (non-hydrogen) atoms. The highest BCUT2D eigenvalue weighted by Crippen LogP contribution is 2.48. The van der Waals surface area contributed by atoms with Crippen LogP contribution in [0.5, 0.6) is 0 Å². The number of nitrogens with zero attached hydrogens (tertiary/aromatic N) is 1. The van der Waals surface area contributed by atoms with Gasteiger partial charge < -0.3 is 5.32 Å². The van der Waals surface area contributed by atoms with Crippen molar-refractivity contribution in [1.82, 2.24) is 0 Å². The van der Waals surface area contributed by atoms with E-state index in [1.54, 1.807) is 12.2 Å². The van der Waals surface area contributed by atoms with E-state index >= 15 is 0 Å². The van der Waals surface area contributed by atoms with E-state index in [9.17, 15) is 14.4 Å². The predicted molar refractivity (Wildman–Crippen MR) is 159 cm³/mol. The SMILES string of the molecule is CC1(C)C(/C=C2\C(=O)C(=O)C(/C=C3/Nc4ccc5ccccc5c4C3(C)C)C2=O)=Nc2ccc3ccccc3c21. The summed E-state index contributed by atoms with van der Waals surface area (Å²) < 4.78 is 0. The van der Waals surface area contributed by atoms with Crippen molar-refractivity contribution in [2.24, 2.45) is 10.9 Å². The average Bonchev–Trinajstić information content (AvgIpc) is 3.44. The first kappa shape index (κ1) is 24.4. The summed E-state index contributed by atoms with van der Waals surface area (Å²) in [5, 5.41) is 7.87. The number of allylic oxidation sites excluding steroid dienone is 4. The summed E-state index contributed by atoms with van der Waals surface area (Å²) in [7, 11) is 0. The Hall–Kier alpha value is -4.64. The summed E-state index contributed by atoms with van der Waals surface area (Å²) in [5.41, 5.74) is 4.18. The standard InChI is InChI=1S/C35H28N2O3/c1-34(2)27(36-25-15-13-19-9-5-7-11-21(19)29(25)34)17-23-31(38)24(33(40)32(23)39)18-28-35(3,4)30-22-12-8-6-10-20(22)14-16-26(30)37-28/h5-18,23,36H,1-4H3/b24-18-,27-17+. The molecule has 1 saturated carbocycles. The van der Waals surface area contributed by atoms with E-state index in [-0.39, 0.29) is 5.57 Å². The van der Waals surface area contributed by atoms with Crippen LogP contribution in [0.2, 0.25) is 0 Å². The normalized spacial score (nSPS) is 22.8. The molecule has 0 bridgehead atoms. The number of carbonyl (C=O) groups excluding carboxylic acids is 3. The van der Waals surface area contributed by atoms with Crippen LogP contribution in [-0.4, -0.2) is 23.1 Å². The topological polar surface area (TPSA) is 75.6 Å². The summed E-state index contributed by atoms with van der Waals surface area (Å²) in [6.45, 7) is 8.23. The quantitative estimate of drug-likeness (QED) is 0.134. The third-order valence-electron chi connectivity index (χ3n) is 8.82. The Morgan fingerprint density at radius 2 is 1.35 bits per heavy atom. The molecular formula is C35H28N2O3. The molecule has 2 aliphatic heterocycles. The number of hydrogen-bond acceptors (Lipinski definition) is 5. The largest absolute Gasteiger partial charge is 0.358 e. The number of anilines is 1. The Morgan fingerprint density at radius 1 is 0.725 bits per heavy atom. The molecule has 0 amide bonds. The Labute approximate surface area is 232 Å². The summed E-state index contributed by atoms with van der Waals surface area (Å²) in [5.74, 6) is -3.07. The summed E-state index contributed by atoms with van der Waals surface area (Å²) in [6, 6.07) is 24.4. The van der Waals surface area contributed by atoms with E-state index in [1.807, 2.05) is 56.3 Å². The number of carbonyl (C=O) groups is 3. The molecule has 1 unspecified atom stereocenters. The molecular weight excluding hydrogens is 496 g/mol.